The fraction of sp³-hybridized carbons (Fsp3) is 0.478. The molecule has 9 nitrogen and oxygen atoms in total. The number of rotatable bonds is 5. The minimum atomic E-state index is -2.58. The van der Waals surface area contributed by atoms with Crippen molar-refractivity contribution in [2.24, 2.45) is 0 Å². The summed E-state index contributed by atoms with van der Waals surface area (Å²) in [6.45, 7) is 6.78. The van der Waals surface area contributed by atoms with E-state index in [0.717, 1.165) is 18.5 Å². The van der Waals surface area contributed by atoms with Crippen LogP contribution in [0.25, 0.3) is 16.6 Å². The highest BCUT2D eigenvalue weighted by atomic mass is 19.3. The second-order valence-electron chi connectivity index (χ2n) is 9.74. The second-order valence-corrected chi connectivity index (χ2v) is 9.74. The van der Waals surface area contributed by atoms with Crippen LogP contribution in [0.1, 0.15) is 57.3 Å². The van der Waals surface area contributed by atoms with Crippen molar-refractivity contribution in [3.05, 3.63) is 42.0 Å². The first-order valence-electron chi connectivity index (χ1n) is 11.3. The minimum absolute atomic E-state index is 0.0588. The number of benzene rings is 1. The number of alkyl halides is 2. The summed E-state index contributed by atoms with van der Waals surface area (Å²) in [5.41, 5.74) is 7.02. The monoisotopic (exact) mass is 470 g/mol. The van der Waals surface area contributed by atoms with Gasteiger partial charge in [-0.1, -0.05) is 6.07 Å². The largest absolute Gasteiger partial charge is 0.389 e. The Morgan fingerprint density at radius 3 is 2.76 bits per heavy atom. The van der Waals surface area contributed by atoms with Crippen LogP contribution in [0.3, 0.4) is 0 Å². The highest BCUT2D eigenvalue weighted by Gasteiger charge is 2.30. The van der Waals surface area contributed by atoms with Crippen molar-refractivity contribution >= 4 is 28.2 Å². The van der Waals surface area contributed by atoms with Crippen molar-refractivity contribution in [1.29, 1.82) is 0 Å². The number of aliphatic hydroxyl groups is 1. The van der Waals surface area contributed by atoms with E-state index in [4.69, 9.17) is 10.7 Å². The van der Waals surface area contributed by atoms with E-state index >= 15 is 0 Å². The van der Waals surface area contributed by atoms with Gasteiger partial charge in [0.2, 0.25) is 5.95 Å². The molecule has 0 spiro atoms. The standard InChI is InChI=1S/C23H28F2N8O/c1-13-4-5-15(10-32(13)16-9-27-31(11-16)12-23(2,3)34)20-29-21-17-7-6-14(19(24)25)8-18(17)28-22(26)33(21)30-20/h6-9,11,13,15,19,34H,4-5,10,12H2,1-3H3,(H2,26,28)/t13-,15+/m0/s1. The number of nitrogens with two attached hydrogens (primary N) is 1. The number of piperidine rings is 1. The van der Waals surface area contributed by atoms with Gasteiger partial charge < -0.3 is 15.7 Å². The topological polar surface area (TPSA) is 110 Å². The Balaban J connectivity index is 1.46. The molecule has 1 aliphatic heterocycles. The van der Waals surface area contributed by atoms with E-state index in [9.17, 15) is 13.9 Å². The number of hydrogen-bond acceptors (Lipinski definition) is 7. The van der Waals surface area contributed by atoms with Gasteiger partial charge in [0.15, 0.2) is 11.5 Å². The van der Waals surface area contributed by atoms with E-state index in [1.165, 1.54) is 16.6 Å². The van der Waals surface area contributed by atoms with E-state index < -0.39 is 12.0 Å². The number of aromatic nitrogens is 6. The number of fused-ring (bicyclic) bond motifs is 3. The quantitative estimate of drug-likeness (QED) is 0.459. The summed E-state index contributed by atoms with van der Waals surface area (Å²) in [6, 6.07) is 4.64. The Labute approximate surface area is 195 Å². The lowest BCUT2D eigenvalue weighted by Crippen LogP contribution is -2.41. The van der Waals surface area contributed by atoms with E-state index in [0.29, 0.717) is 41.5 Å². The van der Waals surface area contributed by atoms with Crippen molar-refractivity contribution in [2.45, 2.75) is 64.1 Å². The highest BCUT2D eigenvalue weighted by Crippen LogP contribution is 2.33. The van der Waals surface area contributed by atoms with Crippen molar-refractivity contribution < 1.29 is 13.9 Å². The summed E-state index contributed by atoms with van der Waals surface area (Å²) < 4.78 is 29.5. The second kappa shape index (κ2) is 8.15. The molecule has 1 aliphatic rings. The molecule has 4 heterocycles. The number of nitrogens with zero attached hydrogens (tertiary/aromatic N) is 7. The summed E-state index contributed by atoms with van der Waals surface area (Å²) >= 11 is 0. The predicted octanol–water partition coefficient (Wildman–Crippen LogP) is 3.54. The van der Waals surface area contributed by atoms with Crippen LogP contribution < -0.4 is 10.6 Å². The van der Waals surface area contributed by atoms with Crippen molar-refractivity contribution in [3.8, 4) is 0 Å². The van der Waals surface area contributed by atoms with Gasteiger partial charge in [0.1, 0.15) is 0 Å². The van der Waals surface area contributed by atoms with Gasteiger partial charge in [-0.2, -0.15) is 9.61 Å². The molecule has 1 fully saturated rings. The normalized spacial score (nSPS) is 19.6. The Morgan fingerprint density at radius 2 is 2.03 bits per heavy atom. The number of anilines is 2. The fourth-order valence-electron chi connectivity index (χ4n) is 4.63. The van der Waals surface area contributed by atoms with E-state index in [1.807, 2.05) is 12.4 Å². The van der Waals surface area contributed by atoms with E-state index in [-0.39, 0.29) is 17.4 Å². The molecule has 0 unspecified atom stereocenters. The molecule has 0 saturated carbocycles. The third-order valence-corrected chi connectivity index (χ3v) is 6.34. The molecular weight excluding hydrogens is 442 g/mol. The summed E-state index contributed by atoms with van der Waals surface area (Å²) in [4.78, 5) is 11.3. The minimum Gasteiger partial charge on any atom is -0.389 e. The molecule has 1 saturated heterocycles. The molecule has 2 atom stereocenters. The van der Waals surface area contributed by atoms with E-state index in [2.05, 4.69) is 27.0 Å². The lowest BCUT2D eigenvalue weighted by Gasteiger charge is -2.37. The Kier molecular flexibility index (Phi) is 5.38. The molecular formula is C23H28F2N8O. The van der Waals surface area contributed by atoms with Gasteiger partial charge in [0.05, 0.1) is 29.5 Å². The van der Waals surface area contributed by atoms with E-state index in [1.54, 1.807) is 24.6 Å². The SMILES string of the molecule is C[C@H]1CC[C@@H](c2nc3c4ccc(C(F)F)cc4nc(N)n3n2)CN1c1cnn(CC(C)(C)O)c1. The molecule has 4 aromatic rings. The molecule has 0 bridgehead atoms. The number of hydrogen-bond donors (Lipinski definition) is 2. The molecule has 0 radical (unpaired) electrons. The smallest absolute Gasteiger partial charge is 0.263 e. The van der Waals surface area contributed by atoms with Crippen LogP contribution in [0.2, 0.25) is 0 Å². The van der Waals surface area contributed by atoms with Gasteiger partial charge in [0.25, 0.3) is 6.43 Å². The highest BCUT2D eigenvalue weighted by molar-refractivity contribution is 5.92. The molecule has 3 N–H and O–H groups in total. The van der Waals surface area contributed by atoms with Gasteiger partial charge in [-0.25, -0.2) is 18.7 Å². The maximum atomic E-state index is 13.1. The lowest BCUT2D eigenvalue weighted by molar-refractivity contribution is 0.0577. The van der Waals surface area contributed by atoms with Gasteiger partial charge in [-0.15, -0.1) is 5.10 Å². The first kappa shape index (κ1) is 22.5. The molecule has 0 aliphatic carbocycles. The maximum absolute atomic E-state index is 13.1. The third-order valence-electron chi connectivity index (χ3n) is 6.34. The van der Waals surface area contributed by atoms with Crippen molar-refractivity contribution in [3.63, 3.8) is 0 Å². The van der Waals surface area contributed by atoms with Crippen LogP contribution in [0.5, 0.6) is 0 Å². The molecule has 0 amide bonds. The fourth-order valence-corrected chi connectivity index (χ4v) is 4.63. The van der Waals surface area contributed by atoms with Crippen LogP contribution in [0.15, 0.2) is 30.6 Å². The number of halogens is 2. The third kappa shape index (κ3) is 4.15. The first-order chi connectivity index (χ1) is 16.1. The molecule has 5 rings (SSSR count). The average Bonchev–Trinajstić information content (AvgIpc) is 3.40. The first-order valence-corrected chi connectivity index (χ1v) is 11.3. The lowest BCUT2D eigenvalue weighted by atomic mass is 9.92. The summed E-state index contributed by atoms with van der Waals surface area (Å²) in [7, 11) is 0. The zero-order chi connectivity index (χ0) is 24.2. The predicted molar refractivity (Wildman–Crippen MR) is 125 cm³/mol. The van der Waals surface area contributed by atoms with Crippen molar-refractivity contribution in [1.82, 2.24) is 29.4 Å². The summed E-state index contributed by atoms with van der Waals surface area (Å²) in [5, 5.41) is 19.8. The van der Waals surface area contributed by atoms with Crippen LogP contribution in [0.4, 0.5) is 20.4 Å². The van der Waals surface area contributed by atoms with Crippen LogP contribution >= 0.6 is 0 Å². The van der Waals surface area contributed by atoms with Crippen LogP contribution in [-0.4, -0.2) is 52.7 Å². The van der Waals surface area contributed by atoms with Crippen LogP contribution in [0, 0.1) is 0 Å². The van der Waals surface area contributed by atoms with Crippen LogP contribution in [-0.2, 0) is 6.54 Å². The van der Waals surface area contributed by atoms with Crippen molar-refractivity contribution in [2.75, 3.05) is 17.2 Å². The molecule has 180 valence electrons. The zero-order valence-electron chi connectivity index (χ0n) is 19.4. The number of nitrogen functional groups attached to an aromatic ring is 1. The van der Waals surface area contributed by atoms with Gasteiger partial charge in [-0.05, 0) is 45.7 Å². The average molecular weight is 471 g/mol. The maximum Gasteiger partial charge on any atom is 0.263 e. The summed E-state index contributed by atoms with van der Waals surface area (Å²) in [5.74, 6) is 0.824. The molecule has 34 heavy (non-hydrogen) atoms. The van der Waals surface area contributed by atoms with Gasteiger partial charge in [-0.3, -0.25) is 4.68 Å². The van der Waals surface area contributed by atoms with Gasteiger partial charge >= 0.3 is 0 Å². The Hall–Kier alpha value is -3.34. The molecule has 1 aromatic carbocycles. The molecule has 11 heteroatoms. The zero-order valence-corrected chi connectivity index (χ0v) is 19.4. The Bertz CT molecular complexity index is 1340. The van der Waals surface area contributed by atoms with Gasteiger partial charge in [0, 0.05) is 35.7 Å². The Morgan fingerprint density at radius 1 is 1.24 bits per heavy atom. The molecule has 3 aromatic heterocycles. The summed E-state index contributed by atoms with van der Waals surface area (Å²) in [6.07, 6.45) is 3.04.